The van der Waals surface area contributed by atoms with Crippen LogP contribution in [0, 0.1) is 0 Å². The van der Waals surface area contributed by atoms with Crippen molar-refractivity contribution in [1.82, 2.24) is 14.9 Å². The molecule has 1 aromatic rings. The Morgan fingerprint density at radius 2 is 1.96 bits per heavy atom. The Morgan fingerprint density at radius 1 is 1.23 bits per heavy atom. The van der Waals surface area contributed by atoms with Gasteiger partial charge in [-0.15, -0.1) is 0 Å². The zero-order chi connectivity index (χ0) is 18.9. The summed E-state index contributed by atoms with van der Waals surface area (Å²) in [6.45, 7) is -0.153. The van der Waals surface area contributed by atoms with Crippen molar-refractivity contribution in [3.05, 3.63) is 29.8 Å². The lowest BCUT2D eigenvalue weighted by molar-refractivity contribution is -0.123. The van der Waals surface area contributed by atoms with Gasteiger partial charge in [0.25, 0.3) is 5.91 Å². The van der Waals surface area contributed by atoms with Crippen molar-refractivity contribution in [2.75, 3.05) is 19.6 Å². The van der Waals surface area contributed by atoms with E-state index in [-0.39, 0.29) is 22.5 Å². The van der Waals surface area contributed by atoms with Crippen molar-refractivity contribution in [3.63, 3.8) is 0 Å². The molecule has 2 unspecified atom stereocenters. The van der Waals surface area contributed by atoms with Gasteiger partial charge in [-0.2, -0.15) is 17.5 Å². The number of hydrogen-bond acceptors (Lipinski definition) is 4. The van der Waals surface area contributed by atoms with Crippen LogP contribution >= 0.6 is 0 Å². The number of rotatable bonds is 4. The molecule has 0 radical (unpaired) electrons. The van der Waals surface area contributed by atoms with Crippen LogP contribution < -0.4 is 10.6 Å². The third-order valence-electron chi connectivity index (χ3n) is 4.71. The molecular formula is C16H20F3N3O3S. The topological polar surface area (TPSA) is 78.5 Å². The number of halogens is 3. The molecule has 2 atom stereocenters. The average molecular weight is 391 g/mol. The lowest BCUT2D eigenvalue weighted by Crippen LogP contribution is -2.42. The summed E-state index contributed by atoms with van der Waals surface area (Å²) in [6.07, 6.45) is -2.26. The zero-order valence-corrected chi connectivity index (χ0v) is 14.7. The smallest absolute Gasteiger partial charge is 0.343 e. The summed E-state index contributed by atoms with van der Waals surface area (Å²) >= 11 is 0. The Bertz CT molecular complexity index is 768. The van der Waals surface area contributed by atoms with Crippen LogP contribution in [0.25, 0.3) is 0 Å². The first-order valence-electron chi connectivity index (χ1n) is 8.38. The molecule has 2 saturated heterocycles. The molecule has 0 aromatic heterocycles. The van der Waals surface area contributed by atoms with Gasteiger partial charge in [0, 0.05) is 24.2 Å². The Labute approximate surface area is 149 Å². The zero-order valence-electron chi connectivity index (χ0n) is 13.9. The fourth-order valence-electron chi connectivity index (χ4n) is 3.53. The van der Waals surface area contributed by atoms with Crippen LogP contribution in [0.4, 0.5) is 13.2 Å². The molecule has 1 aromatic carbocycles. The molecule has 10 heteroatoms. The number of alkyl halides is 3. The Kier molecular flexibility index (Phi) is 5.27. The predicted molar refractivity (Wildman–Crippen MR) is 88.2 cm³/mol. The molecule has 0 spiro atoms. The summed E-state index contributed by atoms with van der Waals surface area (Å²) in [5.74, 6) is -0.958. The summed E-state index contributed by atoms with van der Waals surface area (Å²) in [5.41, 5.74) is -0.115. The number of nitrogens with one attached hydrogen (secondary N) is 2. The van der Waals surface area contributed by atoms with Crippen LogP contribution in [-0.2, 0) is 10.0 Å². The second kappa shape index (κ2) is 7.16. The van der Waals surface area contributed by atoms with Crippen LogP contribution in [0.5, 0.6) is 0 Å². The van der Waals surface area contributed by atoms with E-state index in [4.69, 9.17) is 0 Å². The minimum Gasteiger partial charge on any atom is -0.343 e. The maximum absolute atomic E-state index is 13.1. The van der Waals surface area contributed by atoms with E-state index < -0.39 is 28.7 Å². The third-order valence-corrected chi connectivity index (χ3v) is 6.71. The van der Waals surface area contributed by atoms with Crippen molar-refractivity contribution < 1.29 is 26.4 Å². The van der Waals surface area contributed by atoms with Crippen molar-refractivity contribution in [2.45, 2.75) is 42.4 Å². The van der Waals surface area contributed by atoms with Crippen LogP contribution in [0.1, 0.15) is 29.6 Å². The number of benzene rings is 1. The molecule has 0 aliphatic carbocycles. The summed E-state index contributed by atoms with van der Waals surface area (Å²) in [6, 6.07) is 4.93. The molecule has 2 heterocycles. The van der Waals surface area contributed by atoms with E-state index in [0.717, 1.165) is 25.5 Å². The number of amides is 1. The molecule has 26 heavy (non-hydrogen) atoms. The van der Waals surface area contributed by atoms with Crippen molar-refractivity contribution in [2.24, 2.45) is 0 Å². The van der Waals surface area contributed by atoms with E-state index in [9.17, 15) is 26.4 Å². The van der Waals surface area contributed by atoms with E-state index >= 15 is 0 Å². The molecule has 2 N–H and O–H groups in total. The van der Waals surface area contributed by atoms with Gasteiger partial charge in [-0.1, -0.05) is 6.07 Å². The van der Waals surface area contributed by atoms with Gasteiger partial charge in [0.15, 0.2) is 0 Å². The molecular weight excluding hydrogens is 371 g/mol. The minimum atomic E-state index is -4.53. The number of sulfonamides is 1. The van der Waals surface area contributed by atoms with Crippen LogP contribution in [0.15, 0.2) is 29.2 Å². The monoisotopic (exact) mass is 391 g/mol. The Morgan fingerprint density at radius 3 is 2.69 bits per heavy atom. The number of fused-ring (bicyclic) bond motifs is 2. The number of nitrogens with zero attached hydrogens (tertiary/aromatic N) is 1. The summed E-state index contributed by atoms with van der Waals surface area (Å²) in [5, 5.41) is 4.97. The molecule has 1 amide bonds. The van der Waals surface area contributed by atoms with Crippen molar-refractivity contribution in [1.29, 1.82) is 0 Å². The van der Waals surface area contributed by atoms with Crippen LogP contribution in [-0.4, -0.2) is 56.5 Å². The van der Waals surface area contributed by atoms with Gasteiger partial charge in [-0.05, 0) is 44.0 Å². The predicted octanol–water partition coefficient (Wildman–Crippen LogP) is 1.49. The van der Waals surface area contributed by atoms with E-state index in [1.54, 1.807) is 5.32 Å². The minimum absolute atomic E-state index is 0.0732. The van der Waals surface area contributed by atoms with Gasteiger partial charge < -0.3 is 10.6 Å². The van der Waals surface area contributed by atoms with Gasteiger partial charge in [0.1, 0.15) is 6.54 Å². The standard InChI is InChI=1S/C16H20F3N3O3S/c17-16(18,19)10-21-15(23)11-2-1-3-14(8-11)26(24,25)22-12-4-5-13(22)9-20-7-6-12/h1-3,8,12-13,20H,4-7,9-10H2,(H,21,23). The molecule has 2 fully saturated rings. The second-order valence-electron chi connectivity index (χ2n) is 6.54. The van der Waals surface area contributed by atoms with Crippen LogP contribution in [0.2, 0.25) is 0 Å². The second-order valence-corrected chi connectivity index (χ2v) is 8.38. The lowest BCUT2D eigenvalue weighted by Gasteiger charge is -2.27. The quantitative estimate of drug-likeness (QED) is 0.815. The summed E-state index contributed by atoms with van der Waals surface area (Å²) in [7, 11) is -3.83. The highest BCUT2D eigenvalue weighted by atomic mass is 32.2. The number of carbonyl (C=O) groups excluding carboxylic acids is 1. The van der Waals surface area contributed by atoms with Gasteiger partial charge >= 0.3 is 6.18 Å². The van der Waals surface area contributed by atoms with E-state index in [1.165, 1.54) is 22.5 Å². The Hall–Kier alpha value is -1.65. The molecule has 144 valence electrons. The van der Waals surface area contributed by atoms with Crippen LogP contribution in [0.3, 0.4) is 0 Å². The normalized spacial score (nSPS) is 24.3. The van der Waals surface area contributed by atoms with Gasteiger partial charge in [-0.3, -0.25) is 4.79 Å². The van der Waals surface area contributed by atoms with Crippen molar-refractivity contribution in [3.8, 4) is 0 Å². The molecule has 3 rings (SSSR count). The molecule has 2 bridgehead atoms. The largest absolute Gasteiger partial charge is 0.405 e. The first-order valence-corrected chi connectivity index (χ1v) is 9.82. The molecule has 2 aliphatic rings. The highest BCUT2D eigenvalue weighted by molar-refractivity contribution is 7.89. The highest BCUT2D eigenvalue weighted by Gasteiger charge is 2.43. The van der Waals surface area contributed by atoms with Gasteiger partial charge in [-0.25, -0.2) is 8.42 Å². The van der Waals surface area contributed by atoms with E-state index in [0.29, 0.717) is 13.0 Å². The van der Waals surface area contributed by atoms with E-state index in [1.807, 2.05) is 0 Å². The van der Waals surface area contributed by atoms with Gasteiger partial charge in [0.05, 0.1) is 4.90 Å². The first-order chi connectivity index (χ1) is 12.2. The molecule has 6 nitrogen and oxygen atoms in total. The van der Waals surface area contributed by atoms with E-state index in [2.05, 4.69) is 5.32 Å². The van der Waals surface area contributed by atoms with Gasteiger partial charge in [0.2, 0.25) is 10.0 Å². The SMILES string of the molecule is O=C(NCC(F)(F)F)c1cccc(S(=O)(=O)N2C3CCNCC2CC3)c1. The average Bonchev–Trinajstić information content (AvgIpc) is 2.85. The Balaban J connectivity index is 1.84. The molecule has 0 saturated carbocycles. The van der Waals surface area contributed by atoms with Crippen molar-refractivity contribution >= 4 is 15.9 Å². The first kappa shape index (κ1) is 19.1. The fraction of sp³-hybridized carbons (Fsp3) is 0.562. The maximum atomic E-state index is 13.1. The lowest BCUT2D eigenvalue weighted by atomic mass is 10.1. The third kappa shape index (κ3) is 4.02. The fourth-order valence-corrected chi connectivity index (χ4v) is 5.48. The summed E-state index contributed by atoms with van der Waals surface area (Å²) in [4.78, 5) is 11.8. The maximum Gasteiger partial charge on any atom is 0.405 e. The summed E-state index contributed by atoms with van der Waals surface area (Å²) < 4.78 is 64.4. The number of carbonyl (C=O) groups is 1. The molecule has 2 aliphatic heterocycles. The highest BCUT2D eigenvalue weighted by Crippen LogP contribution is 2.33. The number of hydrogen-bond donors (Lipinski definition) is 2.